The molecular weight excluding hydrogens is 190 g/mol. The molecular formula is C12H15NS. The van der Waals surface area contributed by atoms with E-state index in [1.165, 1.54) is 23.1 Å². The van der Waals surface area contributed by atoms with Gasteiger partial charge in [0, 0.05) is 0 Å². The van der Waals surface area contributed by atoms with Crippen LogP contribution in [-0.2, 0) is 0 Å². The predicted octanol–water partition coefficient (Wildman–Crippen LogP) is 4.20. The van der Waals surface area contributed by atoms with Crippen LogP contribution in [0.4, 0.5) is 0 Å². The molecule has 0 N–H and O–H groups in total. The predicted molar refractivity (Wildman–Crippen MR) is 62.9 cm³/mol. The highest BCUT2D eigenvalue weighted by molar-refractivity contribution is 7.16. The van der Waals surface area contributed by atoms with Crippen LogP contribution in [0.25, 0.3) is 10.2 Å². The maximum absolute atomic E-state index is 4.34. The molecule has 1 heterocycles. The molecule has 0 spiro atoms. The normalized spacial score (nSPS) is 13.3. The average Bonchev–Trinajstić information content (AvgIpc) is 2.64. The molecule has 0 bridgehead atoms. The zero-order chi connectivity index (χ0) is 9.97. The van der Waals surface area contributed by atoms with Gasteiger partial charge in [-0.2, -0.15) is 0 Å². The molecule has 14 heavy (non-hydrogen) atoms. The fraction of sp³-hybridized carbons (Fsp3) is 0.417. The monoisotopic (exact) mass is 205 g/mol. The quantitative estimate of drug-likeness (QED) is 0.731. The largest absolute Gasteiger partial charge is 0.245 e. The van der Waals surface area contributed by atoms with Crippen LogP contribution in [0.3, 0.4) is 0 Å². The Morgan fingerprint density at radius 1 is 1.43 bits per heavy atom. The van der Waals surface area contributed by atoms with Crippen molar-refractivity contribution >= 4 is 21.6 Å². The summed E-state index contributed by atoms with van der Waals surface area (Å²) < 4.78 is 1.29. The van der Waals surface area contributed by atoms with Crippen LogP contribution in [0.15, 0.2) is 23.7 Å². The molecule has 0 aliphatic heterocycles. The van der Waals surface area contributed by atoms with Gasteiger partial charge in [0.15, 0.2) is 0 Å². The molecule has 74 valence electrons. The Hall–Kier alpha value is -0.890. The molecule has 0 aliphatic carbocycles. The first-order valence-corrected chi connectivity index (χ1v) is 6.02. The van der Waals surface area contributed by atoms with Gasteiger partial charge >= 0.3 is 0 Å². The van der Waals surface area contributed by atoms with E-state index in [1.807, 2.05) is 5.51 Å². The second-order valence-electron chi connectivity index (χ2n) is 3.77. The molecule has 0 amide bonds. The summed E-state index contributed by atoms with van der Waals surface area (Å²) in [4.78, 5) is 4.34. The van der Waals surface area contributed by atoms with Crippen LogP contribution < -0.4 is 0 Å². The molecule has 1 aromatic heterocycles. The molecule has 0 fully saturated rings. The van der Waals surface area contributed by atoms with Crippen LogP contribution in [0.5, 0.6) is 0 Å². The SMILES string of the molecule is CCCC(C)c1ccc2scnc2c1. The highest BCUT2D eigenvalue weighted by Gasteiger charge is 2.05. The van der Waals surface area contributed by atoms with Gasteiger partial charge in [0.25, 0.3) is 0 Å². The van der Waals surface area contributed by atoms with Crippen molar-refractivity contribution in [2.75, 3.05) is 0 Å². The Labute approximate surface area is 88.8 Å². The number of fused-ring (bicyclic) bond motifs is 1. The van der Waals surface area contributed by atoms with Gasteiger partial charge in [-0.25, -0.2) is 4.98 Å². The lowest BCUT2D eigenvalue weighted by atomic mass is 9.96. The van der Waals surface area contributed by atoms with E-state index >= 15 is 0 Å². The number of thiazole rings is 1. The van der Waals surface area contributed by atoms with Gasteiger partial charge in [-0.1, -0.05) is 26.3 Å². The van der Waals surface area contributed by atoms with Crippen molar-refractivity contribution in [3.8, 4) is 0 Å². The van der Waals surface area contributed by atoms with Crippen LogP contribution in [0, 0.1) is 0 Å². The number of benzene rings is 1. The van der Waals surface area contributed by atoms with Crippen molar-refractivity contribution in [1.29, 1.82) is 0 Å². The summed E-state index contributed by atoms with van der Waals surface area (Å²) in [6.45, 7) is 4.52. The Balaban J connectivity index is 2.33. The van der Waals surface area contributed by atoms with Crippen LogP contribution in [0.1, 0.15) is 38.2 Å². The number of aromatic nitrogens is 1. The molecule has 1 nitrogen and oxygen atoms in total. The van der Waals surface area contributed by atoms with E-state index < -0.39 is 0 Å². The van der Waals surface area contributed by atoms with Crippen molar-refractivity contribution in [3.05, 3.63) is 29.3 Å². The zero-order valence-electron chi connectivity index (χ0n) is 8.66. The van der Waals surface area contributed by atoms with E-state index in [4.69, 9.17) is 0 Å². The van der Waals surface area contributed by atoms with E-state index in [2.05, 4.69) is 37.0 Å². The first kappa shape index (κ1) is 9.66. The van der Waals surface area contributed by atoms with Crippen molar-refractivity contribution in [2.24, 2.45) is 0 Å². The summed E-state index contributed by atoms with van der Waals surface area (Å²) in [5.41, 5.74) is 4.49. The minimum atomic E-state index is 0.658. The summed E-state index contributed by atoms with van der Waals surface area (Å²) in [5.74, 6) is 0.658. The lowest BCUT2D eigenvalue weighted by Gasteiger charge is -2.09. The molecule has 1 aromatic carbocycles. The van der Waals surface area contributed by atoms with E-state index in [0.29, 0.717) is 5.92 Å². The van der Waals surface area contributed by atoms with Gasteiger partial charge in [-0.05, 0) is 30.0 Å². The van der Waals surface area contributed by atoms with Crippen LogP contribution in [-0.4, -0.2) is 4.98 Å². The van der Waals surface area contributed by atoms with Crippen molar-refractivity contribution in [1.82, 2.24) is 4.98 Å². The average molecular weight is 205 g/mol. The van der Waals surface area contributed by atoms with E-state index in [0.717, 1.165) is 5.52 Å². The van der Waals surface area contributed by atoms with E-state index in [1.54, 1.807) is 11.3 Å². The number of hydrogen-bond donors (Lipinski definition) is 0. The van der Waals surface area contributed by atoms with Gasteiger partial charge < -0.3 is 0 Å². The third-order valence-corrected chi connectivity index (χ3v) is 3.46. The number of rotatable bonds is 3. The summed E-state index contributed by atoms with van der Waals surface area (Å²) in [5, 5.41) is 0. The van der Waals surface area contributed by atoms with Crippen molar-refractivity contribution in [2.45, 2.75) is 32.6 Å². The van der Waals surface area contributed by atoms with Gasteiger partial charge in [0.1, 0.15) is 0 Å². The zero-order valence-corrected chi connectivity index (χ0v) is 9.47. The second-order valence-corrected chi connectivity index (χ2v) is 4.66. The standard InChI is InChI=1S/C12H15NS/c1-3-4-9(2)10-5-6-12-11(7-10)13-8-14-12/h5-9H,3-4H2,1-2H3. The summed E-state index contributed by atoms with van der Waals surface area (Å²) >= 11 is 1.71. The Morgan fingerprint density at radius 3 is 3.07 bits per heavy atom. The van der Waals surface area contributed by atoms with Gasteiger partial charge in [-0.15, -0.1) is 11.3 Å². The van der Waals surface area contributed by atoms with Gasteiger partial charge in [0.05, 0.1) is 15.7 Å². The molecule has 2 heteroatoms. The first-order chi connectivity index (χ1) is 6.81. The lowest BCUT2D eigenvalue weighted by Crippen LogP contribution is -1.91. The van der Waals surface area contributed by atoms with Gasteiger partial charge in [-0.3, -0.25) is 0 Å². The Bertz CT molecular complexity index is 419. The topological polar surface area (TPSA) is 12.9 Å². The van der Waals surface area contributed by atoms with Crippen molar-refractivity contribution < 1.29 is 0 Å². The molecule has 0 radical (unpaired) electrons. The third-order valence-electron chi connectivity index (χ3n) is 2.65. The molecule has 2 aromatic rings. The lowest BCUT2D eigenvalue weighted by molar-refractivity contribution is 0.665. The number of nitrogens with zero attached hydrogens (tertiary/aromatic N) is 1. The van der Waals surface area contributed by atoms with Gasteiger partial charge in [0.2, 0.25) is 0 Å². The van der Waals surface area contributed by atoms with E-state index in [9.17, 15) is 0 Å². The molecule has 0 saturated heterocycles. The highest BCUT2D eigenvalue weighted by atomic mass is 32.1. The Kier molecular flexibility index (Phi) is 2.82. The fourth-order valence-corrected chi connectivity index (χ4v) is 2.44. The summed E-state index contributed by atoms with van der Waals surface area (Å²) in [6, 6.07) is 6.65. The maximum atomic E-state index is 4.34. The molecule has 2 rings (SSSR count). The highest BCUT2D eigenvalue weighted by Crippen LogP contribution is 2.25. The van der Waals surface area contributed by atoms with Crippen molar-refractivity contribution in [3.63, 3.8) is 0 Å². The Morgan fingerprint density at radius 2 is 2.29 bits per heavy atom. The molecule has 0 saturated carbocycles. The maximum Gasteiger partial charge on any atom is 0.0814 e. The van der Waals surface area contributed by atoms with E-state index in [-0.39, 0.29) is 0 Å². The minimum absolute atomic E-state index is 0.658. The molecule has 0 aliphatic rings. The minimum Gasteiger partial charge on any atom is -0.245 e. The second kappa shape index (κ2) is 4.09. The summed E-state index contributed by atoms with van der Waals surface area (Å²) in [7, 11) is 0. The third kappa shape index (κ3) is 1.80. The number of hydrogen-bond acceptors (Lipinski definition) is 2. The fourth-order valence-electron chi connectivity index (χ4n) is 1.78. The first-order valence-electron chi connectivity index (χ1n) is 5.14. The summed E-state index contributed by atoms with van der Waals surface area (Å²) in [6.07, 6.45) is 2.51. The van der Waals surface area contributed by atoms with Crippen LogP contribution >= 0.6 is 11.3 Å². The molecule has 1 unspecified atom stereocenters. The smallest absolute Gasteiger partial charge is 0.0814 e. The molecule has 1 atom stereocenters. The van der Waals surface area contributed by atoms with Crippen LogP contribution in [0.2, 0.25) is 0 Å².